The van der Waals surface area contributed by atoms with Crippen molar-refractivity contribution in [3.63, 3.8) is 0 Å². The van der Waals surface area contributed by atoms with Crippen molar-refractivity contribution in [3.8, 4) is 0 Å². The zero-order valence-electron chi connectivity index (χ0n) is 10.6. The molecule has 0 radical (unpaired) electrons. The van der Waals surface area contributed by atoms with Gasteiger partial charge in [-0.15, -0.1) is 0 Å². The van der Waals surface area contributed by atoms with Gasteiger partial charge in [0, 0.05) is 16.4 Å². The fourth-order valence-electron chi connectivity index (χ4n) is 2.67. The number of hydrogen-bond acceptors (Lipinski definition) is 1. The molecule has 0 saturated heterocycles. The largest absolute Gasteiger partial charge is 0.351 e. The Balaban J connectivity index is 1.83. The molecule has 94 valence electrons. The minimum Gasteiger partial charge on any atom is -0.351 e. The number of benzene rings is 1. The zero-order valence-corrected chi connectivity index (χ0v) is 10.6. The van der Waals surface area contributed by atoms with Gasteiger partial charge in [-0.25, -0.2) is 0 Å². The predicted molar refractivity (Wildman–Crippen MR) is 72.6 cm³/mol. The number of amides is 1. The Morgan fingerprint density at radius 1 is 1.39 bits per heavy atom. The molecule has 2 aromatic rings. The molecule has 1 aromatic carbocycles. The van der Waals surface area contributed by atoms with Crippen molar-refractivity contribution < 1.29 is 4.79 Å². The molecule has 1 amide bonds. The molecule has 1 heterocycles. The number of rotatable bonds is 3. The van der Waals surface area contributed by atoms with Crippen molar-refractivity contribution in [2.45, 2.75) is 38.1 Å². The maximum absolute atomic E-state index is 12.2. The number of fused-ring (bicyclic) bond motifs is 1. The quantitative estimate of drug-likeness (QED) is 0.852. The smallest absolute Gasteiger partial charge is 0.268 e. The van der Waals surface area contributed by atoms with Crippen molar-refractivity contribution >= 4 is 16.8 Å². The normalized spacial score (nSPS) is 17.4. The van der Waals surface area contributed by atoms with Gasteiger partial charge < -0.3 is 10.3 Å². The van der Waals surface area contributed by atoms with E-state index in [1.807, 2.05) is 30.3 Å². The van der Waals surface area contributed by atoms with Crippen molar-refractivity contribution in [2.24, 2.45) is 0 Å². The number of carbonyl (C=O) groups excluding carboxylic acids is 1. The van der Waals surface area contributed by atoms with Crippen LogP contribution >= 0.6 is 0 Å². The Morgan fingerprint density at radius 2 is 2.17 bits per heavy atom. The molecule has 2 N–H and O–H groups in total. The summed E-state index contributed by atoms with van der Waals surface area (Å²) in [5.41, 5.74) is 1.73. The summed E-state index contributed by atoms with van der Waals surface area (Å²) in [5, 5.41) is 4.27. The monoisotopic (exact) mass is 242 g/mol. The standard InChI is InChI=1S/C15H18N2O/c1-2-15(8-5-9-15)17-14(18)13-10-11-6-3-4-7-12(11)16-13/h3-4,6-7,10,16H,2,5,8-9H2,1H3,(H,17,18). The van der Waals surface area contributed by atoms with E-state index in [0.717, 1.165) is 30.2 Å². The van der Waals surface area contributed by atoms with E-state index >= 15 is 0 Å². The summed E-state index contributed by atoms with van der Waals surface area (Å²) in [6.45, 7) is 2.14. The van der Waals surface area contributed by atoms with Crippen LogP contribution in [0.5, 0.6) is 0 Å². The lowest BCUT2D eigenvalue weighted by Gasteiger charge is -2.41. The lowest BCUT2D eigenvalue weighted by Crippen LogP contribution is -2.53. The molecule has 0 bridgehead atoms. The molecule has 3 nitrogen and oxygen atoms in total. The summed E-state index contributed by atoms with van der Waals surface area (Å²) in [7, 11) is 0. The molecule has 3 heteroatoms. The lowest BCUT2D eigenvalue weighted by atomic mass is 9.75. The number of aromatic amines is 1. The second kappa shape index (κ2) is 4.16. The van der Waals surface area contributed by atoms with Crippen LogP contribution in [0.2, 0.25) is 0 Å². The molecule has 1 aliphatic carbocycles. The first-order valence-electron chi connectivity index (χ1n) is 6.63. The first-order chi connectivity index (χ1) is 8.72. The van der Waals surface area contributed by atoms with Crippen LogP contribution in [-0.4, -0.2) is 16.4 Å². The maximum atomic E-state index is 12.2. The van der Waals surface area contributed by atoms with Crippen LogP contribution in [0.3, 0.4) is 0 Å². The maximum Gasteiger partial charge on any atom is 0.268 e. The Bertz CT molecular complexity index is 542. The van der Waals surface area contributed by atoms with Gasteiger partial charge in [-0.05, 0) is 37.8 Å². The SMILES string of the molecule is CCC1(NC(=O)c2cc3ccccc3[nH]2)CCC1. The minimum atomic E-state index is 0.0211. The summed E-state index contributed by atoms with van der Waals surface area (Å²) >= 11 is 0. The van der Waals surface area contributed by atoms with E-state index < -0.39 is 0 Å². The third-order valence-corrected chi connectivity index (χ3v) is 4.14. The van der Waals surface area contributed by atoms with E-state index in [9.17, 15) is 4.79 Å². The van der Waals surface area contributed by atoms with Gasteiger partial charge in [-0.2, -0.15) is 0 Å². The fourth-order valence-corrected chi connectivity index (χ4v) is 2.67. The highest BCUT2D eigenvalue weighted by Crippen LogP contribution is 2.34. The molecular weight excluding hydrogens is 224 g/mol. The van der Waals surface area contributed by atoms with Crippen LogP contribution in [0.15, 0.2) is 30.3 Å². The van der Waals surface area contributed by atoms with Crippen molar-refractivity contribution in [2.75, 3.05) is 0 Å². The Hall–Kier alpha value is -1.77. The van der Waals surface area contributed by atoms with Gasteiger partial charge in [0.1, 0.15) is 5.69 Å². The van der Waals surface area contributed by atoms with Gasteiger partial charge in [0.25, 0.3) is 5.91 Å². The van der Waals surface area contributed by atoms with Gasteiger partial charge in [-0.3, -0.25) is 4.79 Å². The zero-order chi connectivity index (χ0) is 12.6. The Labute approximate surface area is 107 Å². The van der Waals surface area contributed by atoms with Crippen molar-refractivity contribution in [1.29, 1.82) is 0 Å². The fraction of sp³-hybridized carbons (Fsp3) is 0.400. The van der Waals surface area contributed by atoms with Gasteiger partial charge in [0.05, 0.1) is 0 Å². The average molecular weight is 242 g/mol. The van der Waals surface area contributed by atoms with Gasteiger partial charge in [-0.1, -0.05) is 25.1 Å². The third-order valence-electron chi connectivity index (χ3n) is 4.14. The number of para-hydroxylation sites is 1. The molecule has 0 aliphatic heterocycles. The first-order valence-corrected chi connectivity index (χ1v) is 6.63. The molecule has 0 atom stereocenters. The molecule has 0 spiro atoms. The van der Waals surface area contributed by atoms with E-state index in [4.69, 9.17) is 0 Å². The molecule has 1 saturated carbocycles. The topological polar surface area (TPSA) is 44.9 Å². The first kappa shape index (κ1) is 11.3. The van der Waals surface area contributed by atoms with E-state index in [1.165, 1.54) is 6.42 Å². The minimum absolute atomic E-state index is 0.0211. The molecule has 1 aliphatic rings. The van der Waals surface area contributed by atoms with E-state index in [-0.39, 0.29) is 11.4 Å². The number of H-pyrrole nitrogens is 1. The van der Waals surface area contributed by atoms with Crippen LogP contribution in [0, 0.1) is 0 Å². The van der Waals surface area contributed by atoms with Crippen LogP contribution in [0.25, 0.3) is 10.9 Å². The van der Waals surface area contributed by atoms with E-state index in [0.29, 0.717) is 5.69 Å². The average Bonchev–Trinajstić information content (AvgIpc) is 2.77. The van der Waals surface area contributed by atoms with Crippen LogP contribution in [0.4, 0.5) is 0 Å². The summed E-state index contributed by atoms with van der Waals surface area (Å²) in [6, 6.07) is 9.89. The second-order valence-electron chi connectivity index (χ2n) is 5.21. The van der Waals surface area contributed by atoms with Crippen LogP contribution < -0.4 is 5.32 Å². The summed E-state index contributed by atoms with van der Waals surface area (Å²) in [4.78, 5) is 15.4. The molecule has 3 rings (SSSR count). The number of carbonyl (C=O) groups is 1. The molecule has 1 aromatic heterocycles. The Morgan fingerprint density at radius 3 is 2.78 bits per heavy atom. The van der Waals surface area contributed by atoms with Gasteiger partial charge in [0.15, 0.2) is 0 Å². The summed E-state index contributed by atoms with van der Waals surface area (Å²) in [5.74, 6) is 0.0211. The Kier molecular flexibility index (Phi) is 2.62. The summed E-state index contributed by atoms with van der Waals surface area (Å²) < 4.78 is 0. The van der Waals surface area contributed by atoms with Crippen LogP contribution in [0.1, 0.15) is 43.1 Å². The molecular formula is C15H18N2O. The van der Waals surface area contributed by atoms with Crippen molar-refractivity contribution in [1.82, 2.24) is 10.3 Å². The van der Waals surface area contributed by atoms with Gasteiger partial charge in [0.2, 0.25) is 0 Å². The predicted octanol–water partition coefficient (Wildman–Crippen LogP) is 3.23. The molecule has 18 heavy (non-hydrogen) atoms. The van der Waals surface area contributed by atoms with E-state index in [1.54, 1.807) is 0 Å². The highest BCUT2D eigenvalue weighted by molar-refractivity contribution is 5.98. The lowest BCUT2D eigenvalue weighted by molar-refractivity contribution is 0.0816. The molecule has 0 unspecified atom stereocenters. The van der Waals surface area contributed by atoms with Crippen molar-refractivity contribution in [3.05, 3.63) is 36.0 Å². The highest BCUT2D eigenvalue weighted by atomic mass is 16.2. The number of aromatic nitrogens is 1. The summed E-state index contributed by atoms with van der Waals surface area (Å²) in [6.07, 6.45) is 4.45. The van der Waals surface area contributed by atoms with E-state index in [2.05, 4.69) is 17.2 Å². The number of hydrogen-bond donors (Lipinski definition) is 2. The van der Waals surface area contributed by atoms with Gasteiger partial charge >= 0.3 is 0 Å². The third kappa shape index (κ3) is 1.80. The highest BCUT2D eigenvalue weighted by Gasteiger charge is 2.36. The second-order valence-corrected chi connectivity index (χ2v) is 5.21. The van der Waals surface area contributed by atoms with Crippen LogP contribution in [-0.2, 0) is 0 Å². The molecule has 1 fully saturated rings. The number of nitrogens with one attached hydrogen (secondary N) is 2.